The van der Waals surface area contributed by atoms with Crippen LogP contribution in [0.5, 0.6) is 0 Å². The molecule has 7 nitrogen and oxygen atoms in total. The molecular formula is H3CaNO6Si. The third-order valence-electron chi connectivity index (χ3n) is 0. The number of nitrogens with zero attached hydrogens (tertiary/aromatic N) is 1. The van der Waals surface area contributed by atoms with Gasteiger partial charge in [-0.2, -0.15) is 0 Å². The number of hydrogen-bond acceptors (Lipinski definition) is 7. The topological polar surface area (TPSA) is 136 Å². The van der Waals surface area contributed by atoms with Crippen LogP contribution in [-0.4, -0.2) is 61.2 Å². The molecule has 0 atom stereocenters. The van der Waals surface area contributed by atoms with Gasteiger partial charge < -0.3 is 29.3 Å². The summed E-state index contributed by atoms with van der Waals surface area (Å²) in [5.41, 5.74) is 0. The Morgan fingerprint density at radius 1 is 1.33 bits per heavy atom. The van der Waals surface area contributed by atoms with Gasteiger partial charge in [-0.1, -0.05) is 0 Å². The van der Waals surface area contributed by atoms with Gasteiger partial charge in [0.15, 0.2) is 0 Å². The summed E-state index contributed by atoms with van der Waals surface area (Å²) in [5.74, 6) is 0. The maximum atomic E-state index is 8.91. The standard InChI is InChI=1S/Ca.HNO2.H3O4Si/c;2-1-3;1-5(2,3)4/h;(H,2,3);1-3H/q+2;;-1/p-1. The zero-order chi connectivity index (χ0) is 7.21. The fourth-order valence-electron chi connectivity index (χ4n) is 0. The molecular weight excluding hydrogens is 178 g/mol. The molecule has 0 aliphatic carbocycles. The van der Waals surface area contributed by atoms with Gasteiger partial charge in [0, 0.05) is 0 Å². The smallest absolute Gasteiger partial charge is 0.794 e. The second kappa shape index (κ2) is 8.72. The van der Waals surface area contributed by atoms with E-state index >= 15 is 0 Å². The van der Waals surface area contributed by atoms with Crippen molar-refractivity contribution in [1.29, 1.82) is 0 Å². The van der Waals surface area contributed by atoms with Crippen molar-refractivity contribution in [3.05, 3.63) is 10.1 Å². The van der Waals surface area contributed by atoms with Crippen molar-refractivity contribution >= 4 is 46.8 Å². The number of hydrogen-bond donors (Lipinski definition) is 3. The zero-order valence-corrected chi connectivity index (χ0v) is 7.43. The summed E-state index contributed by atoms with van der Waals surface area (Å²) in [6, 6.07) is 0. The Labute approximate surface area is 81.0 Å². The van der Waals surface area contributed by atoms with E-state index in [1.54, 1.807) is 0 Å². The van der Waals surface area contributed by atoms with Gasteiger partial charge in [-0.25, -0.2) is 0 Å². The van der Waals surface area contributed by atoms with Crippen molar-refractivity contribution < 1.29 is 19.2 Å². The van der Waals surface area contributed by atoms with Crippen molar-refractivity contribution in [3.8, 4) is 0 Å². The molecule has 3 N–H and O–H groups in total. The van der Waals surface area contributed by atoms with Crippen molar-refractivity contribution in [1.82, 2.24) is 0 Å². The summed E-state index contributed by atoms with van der Waals surface area (Å²) < 4.78 is 0. The summed E-state index contributed by atoms with van der Waals surface area (Å²) in [7, 11) is -4.86. The summed E-state index contributed by atoms with van der Waals surface area (Å²) in [5, 5.41) is 9.00. The normalized spacial score (nSPS) is 8.00. The predicted octanol–water partition coefficient (Wildman–Crippen LogP) is -3.37. The minimum Gasteiger partial charge on any atom is -0.794 e. The summed E-state index contributed by atoms with van der Waals surface area (Å²) in [4.78, 5) is 38.6. The Hall–Kier alpha value is 0.717. The van der Waals surface area contributed by atoms with Crippen LogP contribution in [0.2, 0.25) is 0 Å². The molecule has 0 fully saturated rings. The van der Waals surface area contributed by atoms with E-state index < -0.39 is 9.05 Å². The zero-order valence-electron chi connectivity index (χ0n) is 4.22. The molecule has 0 aromatic carbocycles. The van der Waals surface area contributed by atoms with E-state index in [1.165, 1.54) is 0 Å². The molecule has 0 unspecified atom stereocenters. The molecule has 0 heterocycles. The Balaban J connectivity index is -0.0000000800. The average Bonchev–Trinajstić information content (AvgIpc) is 1.27. The fraction of sp³-hybridized carbons (Fsp3) is 0. The first-order valence-electron chi connectivity index (χ1n) is 1.24. The predicted molar refractivity (Wildman–Crippen MR) is 27.3 cm³/mol. The van der Waals surface area contributed by atoms with Gasteiger partial charge in [0.05, 0.1) is 0 Å². The first-order valence-corrected chi connectivity index (χ1v) is 2.99. The molecule has 0 aromatic rings. The Bertz CT molecular complexity index is 52.6. The van der Waals surface area contributed by atoms with Crippen molar-refractivity contribution in [2.24, 2.45) is 5.34 Å². The molecule has 0 bridgehead atoms. The number of rotatable bonds is 0. The molecule has 0 radical (unpaired) electrons. The molecule has 0 rings (SSSR count). The Morgan fingerprint density at radius 3 is 1.33 bits per heavy atom. The first-order chi connectivity index (χ1) is 3.41. The maximum absolute atomic E-state index is 8.91. The minimum atomic E-state index is -4.86. The Morgan fingerprint density at radius 2 is 1.33 bits per heavy atom. The van der Waals surface area contributed by atoms with Gasteiger partial charge in [0.2, 0.25) is 0 Å². The first kappa shape index (κ1) is 16.4. The quantitative estimate of drug-likeness (QED) is 0.203. The Kier molecular flexibility index (Phi) is 15.8. The molecule has 0 aliphatic heterocycles. The van der Waals surface area contributed by atoms with E-state index in [0.717, 1.165) is 5.34 Å². The van der Waals surface area contributed by atoms with Gasteiger partial charge in [-0.15, -0.1) is 5.34 Å². The summed E-state index contributed by atoms with van der Waals surface area (Å²) >= 11 is 0. The molecule has 50 valence electrons. The molecule has 0 spiro atoms. The van der Waals surface area contributed by atoms with Crippen molar-refractivity contribution in [2.75, 3.05) is 0 Å². The SMILES string of the molecule is O=N[O-].[Ca+2].[O-][Si](O)(O)O. The molecule has 0 aromatic heterocycles. The van der Waals surface area contributed by atoms with Crippen LogP contribution in [0.4, 0.5) is 0 Å². The third kappa shape index (κ3) is 766. The van der Waals surface area contributed by atoms with Crippen LogP contribution in [0.15, 0.2) is 5.34 Å². The monoisotopic (exact) mass is 181 g/mol. The molecule has 0 aliphatic rings. The maximum Gasteiger partial charge on any atom is 2.00 e. The largest absolute Gasteiger partial charge is 2.00 e. The van der Waals surface area contributed by atoms with E-state index in [4.69, 9.17) is 29.3 Å². The van der Waals surface area contributed by atoms with E-state index in [-0.39, 0.29) is 37.7 Å². The van der Waals surface area contributed by atoms with Gasteiger partial charge in [0.25, 0.3) is 0 Å². The van der Waals surface area contributed by atoms with Gasteiger partial charge >= 0.3 is 46.8 Å². The third-order valence-corrected chi connectivity index (χ3v) is 0. The van der Waals surface area contributed by atoms with E-state index in [1.807, 2.05) is 0 Å². The van der Waals surface area contributed by atoms with Crippen LogP contribution in [0.3, 0.4) is 0 Å². The van der Waals surface area contributed by atoms with E-state index in [9.17, 15) is 0 Å². The van der Waals surface area contributed by atoms with Crippen LogP contribution in [0, 0.1) is 10.1 Å². The average molecular weight is 181 g/mol. The molecule has 9 heteroatoms. The van der Waals surface area contributed by atoms with Gasteiger partial charge in [0.1, 0.15) is 0 Å². The fourth-order valence-corrected chi connectivity index (χ4v) is 0. The minimum absolute atomic E-state index is 0. The summed E-state index contributed by atoms with van der Waals surface area (Å²) in [6.45, 7) is 0. The van der Waals surface area contributed by atoms with Crippen LogP contribution < -0.4 is 4.80 Å². The second-order valence-electron chi connectivity index (χ2n) is 0.648. The molecule has 0 amide bonds. The molecule has 0 saturated carbocycles. The second-order valence-corrected chi connectivity index (χ2v) is 1.80. The van der Waals surface area contributed by atoms with Crippen LogP contribution in [0.25, 0.3) is 0 Å². The van der Waals surface area contributed by atoms with Crippen LogP contribution >= 0.6 is 0 Å². The van der Waals surface area contributed by atoms with Gasteiger partial charge in [-0.3, -0.25) is 0 Å². The molecule has 9 heavy (non-hydrogen) atoms. The van der Waals surface area contributed by atoms with Crippen LogP contribution in [0.1, 0.15) is 0 Å². The van der Waals surface area contributed by atoms with Crippen molar-refractivity contribution in [3.63, 3.8) is 0 Å². The van der Waals surface area contributed by atoms with Gasteiger partial charge in [-0.05, 0) is 0 Å². The summed E-state index contributed by atoms with van der Waals surface area (Å²) in [6.07, 6.45) is 0. The van der Waals surface area contributed by atoms with E-state index in [0.29, 0.717) is 0 Å². The van der Waals surface area contributed by atoms with E-state index in [2.05, 4.69) is 0 Å². The van der Waals surface area contributed by atoms with Crippen molar-refractivity contribution in [2.45, 2.75) is 0 Å². The van der Waals surface area contributed by atoms with Crippen LogP contribution in [-0.2, 0) is 0 Å². The molecule has 0 saturated heterocycles.